The Morgan fingerprint density at radius 1 is 1.53 bits per heavy atom. The van der Waals surface area contributed by atoms with Crippen LogP contribution in [0.4, 0.5) is 0 Å². The van der Waals surface area contributed by atoms with Gasteiger partial charge < -0.3 is 9.73 Å². The van der Waals surface area contributed by atoms with Crippen LogP contribution in [0.5, 0.6) is 0 Å². The number of nitrogens with zero attached hydrogens (tertiary/aromatic N) is 2. The van der Waals surface area contributed by atoms with Gasteiger partial charge in [0.05, 0.1) is 30.0 Å². The van der Waals surface area contributed by atoms with Crippen LogP contribution in [-0.2, 0) is 7.05 Å². The van der Waals surface area contributed by atoms with Gasteiger partial charge in [0.25, 0.3) is 0 Å². The molecule has 4 heteroatoms. The molecule has 1 atom stereocenters. The molecular formula is C11H15N3O. The molecule has 80 valence electrons. The van der Waals surface area contributed by atoms with E-state index < -0.39 is 0 Å². The van der Waals surface area contributed by atoms with Gasteiger partial charge in [0.15, 0.2) is 0 Å². The summed E-state index contributed by atoms with van der Waals surface area (Å²) in [5.74, 6) is 0. The number of hydrogen-bond acceptors (Lipinski definition) is 3. The Balaban J connectivity index is 2.39. The molecule has 2 heterocycles. The van der Waals surface area contributed by atoms with Gasteiger partial charge in [0, 0.05) is 12.6 Å². The van der Waals surface area contributed by atoms with E-state index in [1.54, 1.807) is 12.5 Å². The highest BCUT2D eigenvalue weighted by Gasteiger charge is 2.17. The van der Waals surface area contributed by atoms with Crippen LogP contribution in [0.2, 0.25) is 0 Å². The van der Waals surface area contributed by atoms with Gasteiger partial charge in [-0.3, -0.25) is 4.68 Å². The van der Waals surface area contributed by atoms with E-state index >= 15 is 0 Å². The molecule has 4 nitrogen and oxygen atoms in total. The van der Waals surface area contributed by atoms with Crippen molar-refractivity contribution >= 4 is 0 Å². The maximum absolute atomic E-state index is 5.10. The summed E-state index contributed by atoms with van der Waals surface area (Å²) < 4.78 is 6.99. The minimum Gasteiger partial charge on any atom is -0.472 e. The molecule has 0 bridgehead atoms. The molecule has 1 unspecified atom stereocenters. The average molecular weight is 205 g/mol. The SMILES string of the molecule is CNC(c1ccoc1)c1cc(C)nn1C. The molecule has 15 heavy (non-hydrogen) atoms. The Labute approximate surface area is 88.9 Å². The van der Waals surface area contributed by atoms with Gasteiger partial charge in [-0.1, -0.05) is 0 Å². The number of aromatic nitrogens is 2. The number of aryl methyl sites for hydroxylation is 2. The van der Waals surface area contributed by atoms with E-state index in [-0.39, 0.29) is 6.04 Å². The molecule has 0 saturated heterocycles. The van der Waals surface area contributed by atoms with Gasteiger partial charge in [-0.15, -0.1) is 0 Å². The van der Waals surface area contributed by atoms with Crippen LogP contribution in [0.3, 0.4) is 0 Å². The van der Waals surface area contributed by atoms with E-state index in [2.05, 4.69) is 16.5 Å². The fourth-order valence-corrected chi connectivity index (χ4v) is 1.83. The normalized spacial score (nSPS) is 13.0. The smallest absolute Gasteiger partial charge is 0.0954 e. The van der Waals surface area contributed by atoms with Gasteiger partial charge in [0.2, 0.25) is 0 Å². The monoisotopic (exact) mass is 205 g/mol. The second kappa shape index (κ2) is 3.90. The predicted octanol–water partition coefficient (Wildman–Crippen LogP) is 1.63. The molecule has 2 aromatic heterocycles. The maximum Gasteiger partial charge on any atom is 0.0954 e. The minimum atomic E-state index is 0.134. The summed E-state index contributed by atoms with van der Waals surface area (Å²) in [5.41, 5.74) is 3.27. The zero-order chi connectivity index (χ0) is 10.8. The van der Waals surface area contributed by atoms with E-state index in [4.69, 9.17) is 4.42 Å². The molecule has 2 aromatic rings. The van der Waals surface area contributed by atoms with Gasteiger partial charge in [-0.05, 0) is 26.1 Å². The van der Waals surface area contributed by atoms with Gasteiger partial charge >= 0.3 is 0 Å². The molecule has 0 amide bonds. The lowest BCUT2D eigenvalue weighted by Crippen LogP contribution is -2.19. The van der Waals surface area contributed by atoms with Crippen LogP contribution in [0.25, 0.3) is 0 Å². The molecule has 0 aliphatic carbocycles. The van der Waals surface area contributed by atoms with Crippen molar-refractivity contribution in [3.63, 3.8) is 0 Å². The number of hydrogen-bond donors (Lipinski definition) is 1. The Morgan fingerprint density at radius 3 is 2.80 bits per heavy atom. The maximum atomic E-state index is 5.10. The summed E-state index contributed by atoms with van der Waals surface area (Å²) in [4.78, 5) is 0. The zero-order valence-corrected chi connectivity index (χ0v) is 9.19. The lowest BCUT2D eigenvalue weighted by atomic mass is 10.1. The molecule has 0 fully saturated rings. The lowest BCUT2D eigenvalue weighted by Gasteiger charge is -2.14. The van der Waals surface area contributed by atoms with Crippen molar-refractivity contribution in [1.29, 1.82) is 0 Å². The highest BCUT2D eigenvalue weighted by atomic mass is 16.3. The van der Waals surface area contributed by atoms with E-state index in [1.165, 1.54) is 0 Å². The van der Waals surface area contributed by atoms with Crippen molar-refractivity contribution in [1.82, 2.24) is 15.1 Å². The van der Waals surface area contributed by atoms with Crippen LogP contribution in [-0.4, -0.2) is 16.8 Å². The summed E-state index contributed by atoms with van der Waals surface area (Å²) in [7, 11) is 3.88. The Morgan fingerprint density at radius 2 is 2.33 bits per heavy atom. The summed E-state index contributed by atoms with van der Waals surface area (Å²) in [6.45, 7) is 1.99. The average Bonchev–Trinajstić information content (AvgIpc) is 2.79. The van der Waals surface area contributed by atoms with Gasteiger partial charge in [-0.2, -0.15) is 5.10 Å². The standard InChI is InChI=1S/C11H15N3O/c1-8-6-10(14(3)13-8)11(12-2)9-4-5-15-7-9/h4-7,11-12H,1-3H3. The van der Waals surface area contributed by atoms with Crippen molar-refractivity contribution in [2.45, 2.75) is 13.0 Å². The first kappa shape index (κ1) is 9.98. The fourth-order valence-electron chi connectivity index (χ4n) is 1.83. The molecule has 0 aromatic carbocycles. The van der Waals surface area contributed by atoms with E-state index in [0.29, 0.717) is 0 Å². The zero-order valence-electron chi connectivity index (χ0n) is 9.19. The summed E-state index contributed by atoms with van der Waals surface area (Å²) in [6, 6.07) is 4.17. The fraction of sp³-hybridized carbons (Fsp3) is 0.364. The van der Waals surface area contributed by atoms with Crippen LogP contribution in [0.1, 0.15) is 23.0 Å². The molecule has 0 saturated carbocycles. The number of furan rings is 1. The lowest BCUT2D eigenvalue weighted by molar-refractivity contribution is 0.550. The molecule has 0 aliphatic heterocycles. The first-order valence-electron chi connectivity index (χ1n) is 4.92. The largest absolute Gasteiger partial charge is 0.472 e. The number of nitrogens with one attached hydrogen (secondary N) is 1. The Kier molecular flexibility index (Phi) is 2.60. The third-order valence-electron chi connectivity index (χ3n) is 2.50. The summed E-state index contributed by atoms with van der Waals surface area (Å²) in [5, 5.41) is 7.59. The summed E-state index contributed by atoms with van der Waals surface area (Å²) >= 11 is 0. The van der Waals surface area contributed by atoms with Crippen molar-refractivity contribution in [2.75, 3.05) is 7.05 Å². The highest BCUT2D eigenvalue weighted by molar-refractivity contribution is 5.25. The first-order chi connectivity index (χ1) is 7.22. The van der Waals surface area contributed by atoms with Crippen molar-refractivity contribution < 1.29 is 4.42 Å². The summed E-state index contributed by atoms with van der Waals surface area (Å²) in [6.07, 6.45) is 3.44. The number of rotatable bonds is 3. The Hall–Kier alpha value is -1.55. The van der Waals surface area contributed by atoms with Crippen molar-refractivity contribution in [2.24, 2.45) is 7.05 Å². The van der Waals surface area contributed by atoms with Crippen LogP contribution < -0.4 is 5.32 Å². The van der Waals surface area contributed by atoms with Crippen LogP contribution in [0.15, 0.2) is 29.1 Å². The molecule has 2 rings (SSSR count). The molecule has 0 radical (unpaired) electrons. The molecular weight excluding hydrogens is 190 g/mol. The van der Waals surface area contributed by atoms with Crippen molar-refractivity contribution in [3.05, 3.63) is 41.6 Å². The topological polar surface area (TPSA) is 43.0 Å². The minimum absolute atomic E-state index is 0.134. The van der Waals surface area contributed by atoms with Crippen molar-refractivity contribution in [3.8, 4) is 0 Å². The highest BCUT2D eigenvalue weighted by Crippen LogP contribution is 2.22. The van der Waals surface area contributed by atoms with E-state index in [1.807, 2.05) is 31.8 Å². The third kappa shape index (κ3) is 1.80. The second-order valence-electron chi connectivity index (χ2n) is 3.61. The van der Waals surface area contributed by atoms with Gasteiger partial charge in [-0.25, -0.2) is 0 Å². The van der Waals surface area contributed by atoms with Gasteiger partial charge in [0.1, 0.15) is 0 Å². The van der Waals surface area contributed by atoms with E-state index in [9.17, 15) is 0 Å². The quantitative estimate of drug-likeness (QED) is 0.828. The molecule has 0 aliphatic rings. The first-order valence-corrected chi connectivity index (χ1v) is 4.92. The second-order valence-corrected chi connectivity index (χ2v) is 3.61. The predicted molar refractivity (Wildman–Crippen MR) is 57.6 cm³/mol. The Bertz CT molecular complexity index is 431. The van der Waals surface area contributed by atoms with Crippen LogP contribution in [0, 0.1) is 6.92 Å². The third-order valence-corrected chi connectivity index (χ3v) is 2.50. The molecule has 0 spiro atoms. The van der Waals surface area contributed by atoms with Crippen LogP contribution >= 0.6 is 0 Å². The molecule has 1 N–H and O–H groups in total. The van der Waals surface area contributed by atoms with E-state index in [0.717, 1.165) is 17.0 Å².